The Morgan fingerprint density at radius 3 is 2.20 bits per heavy atom. The van der Waals surface area contributed by atoms with E-state index >= 15 is 0 Å². The lowest BCUT2D eigenvalue weighted by Crippen LogP contribution is -2.39. The van der Waals surface area contributed by atoms with E-state index < -0.39 is 0 Å². The number of benzene rings is 1. The zero-order valence-corrected chi connectivity index (χ0v) is 13.3. The number of rotatable bonds is 6. The van der Waals surface area contributed by atoms with E-state index in [9.17, 15) is 4.79 Å². The van der Waals surface area contributed by atoms with Crippen LogP contribution in [0.1, 0.15) is 40.2 Å². The lowest BCUT2D eigenvalue weighted by Gasteiger charge is -2.30. The molecule has 0 aromatic heterocycles. The zero-order chi connectivity index (χ0) is 15.1. The first-order valence-electron chi connectivity index (χ1n) is 7.45. The van der Waals surface area contributed by atoms with E-state index in [2.05, 4.69) is 34.6 Å². The molecular formula is C18H27NO. The second kappa shape index (κ2) is 7.88. The Hall–Kier alpha value is -1.57. The molecule has 0 fully saturated rings. The first kappa shape index (κ1) is 16.5. The molecule has 20 heavy (non-hydrogen) atoms. The van der Waals surface area contributed by atoms with Gasteiger partial charge in [-0.05, 0) is 37.3 Å². The first-order valence-corrected chi connectivity index (χ1v) is 7.45. The van der Waals surface area contributed by atoms with E-state index in [1.807, 2.05) is 41.3 Å². The number of carbonyl (C=O) groups excluding carboxylic acids is 1. The van der Waals surface area contributed by atoms with Crippen molar-refractivity contribution < 1.29 is 4.79 Å². The van der Waals surface area contributed by atoms with Crippen molar-refractivity contribution in [1.82, 2.24) is 4.90 Å². The number of hydrogen-bond donors (Lipinski definition) is 0. The summed E-state index contributed by atoms with van der Waals surface area (Å²) in [5, 5.41) is 0. The predicted molar refractivity (Wildman–Crippen MR) is 86.3 cm³/mol. The van der Waals surface area contributed by atoms with E-state index in [1.54, 1.807) is 6.08 Å². The average Bonchev–Trinajstić information content (AvgIpc) is 2.42. The summed E-state index contributed by atoms with van der Waals surface area (Å²) in [4.78, 5) is 14.3. The summed E-state index contributed by atoms with van der Waals surface area (Å²) in [5.74, 6) is 1.19. The van der Waals surface area contributed by atoms with Crippen LogP contribution in [0.5, 0.6) is 0 Å². The van der Waals surface area contributed by atoms with Crippen LogP contribution < -0.4 is 0 Å². The molecule has 0 aliphatic carbocycles. The van der Waals surface area contributed by atoms with Crippen molar-refractivity contribution in [2.45, 2.75) is 40.7 Å². The quantitative estimate of drug-likeness (QED) is 0.710. The molecule has 0 aliphatic heterocycles. The molecule has 0 N–H and O–H groups in total. The van der Waals surface area contributed by atoms with Gasteiger partial charge >= 0.3 is 0 Å². The zero-order valence-electron chi connectivity index (χ0n) is 13.3. The number of nitrogens with zero attached hydrogens (tertiary/aromatic N) is 1. The molecule has 1 rings (SSSR count). The lowest BCUT2D eigenvalue weighted by atomic mass is 9.97. The highest BCUT2D eigenvalue weighted by Crippen LogP contribution is 2.14. The predicted octanol–water partition coefficient (Wildman–Crippen LogP) is 4.23. The van der Waals surface area contributed by atoms with Gasteiger partial charge in [-0.15, -0.1) is 0 Å². The highest BCUT2D eigenvalue weighted by molar-refractivity contribution is 5.91. The number of hydrogen-bond acceptors (Lipinski definition) is 1. The SMILES string of the molecule is CC(C)C(C)CN(C(=O)C=Cc1ccccc1)C(C)C. The monoisotopic (exact) mass is 273 g/mol. The lowest BCUT2D eigenvalue weighted by molar-refractivity contribution is -0.128. The summed E-state index contributed by atoms with van der Waals surface area (Å²) < 4.78 is 0. The van der Waals surface area contributed by atoms with E-state index in [0.717, 1.165) is 12.1 Å². The topological polar surface area (TPSA) is 20.3 Å². The van der Waals surface area contributed by atoms with Crippen LogP contribution in [0.25, 0.3) is 6.08 Å². The molecule has 110 valence electrons. The molecule has 0 saturated heterocycles. The molecule has 0 aliphatic rings. The first-order chi connectivity index (χ1) is 9.41. The molecule has 1 unspecified atom stereocenters. The van der Waals surface area contributed by atoms with Crippen molar-refractivity contribution in [3.63, 3.8) is 0 Å². The number of carbonyl (C=O) groups is 1. The molecule has 2 nitrogen and oxygen atoms in total. The third-order valence-electron chi connectivity index (χ3n) is 3.75. The Balaban J connectivity index is 2.72. The van der Waals surface area contributed by atoms with Gasteiger partial charge in [0.1, 0.15) is 0 Å². The maximum Gasteiger partial charge on any atom is 0.246 e. The number of amides is 1. The minimum atomic E-state index is 0.0938. The molecule has 1 aromatic carbocycles. The van der Waals surface area contributed by atoms with Gasteiger partial charge in [-0.2, -0.15) is 0 Å². The summed E-state index contributed by atoms with van der Waals surface area (Å²) >= 11 is 0. The van der Waals surface area contributed by atoms with Crippen LogP contribution in [0.4, 0.5) is 0 Å². The molecule has 1 amide bonds. The van der Waals surface area contributed by atoms with Crippen molar-refractivity contribution >= 4 is 12.0 Å². The minimum absolute atomic E-state index is 0.0938. The Morgan fingerprint density at radius 2 is 1.70 bits per heavy atom. The molecule has 0 heterocycles. The minimum Gasteiger partial charge on any atom is -0.336 e. The molecule has 1 aromatic rings. The maximum absolute atomic E-state index is 12.4. The Kier molecular flexibility index (Phi) is 6.50. The summed E-state index contributed by atoms with van der Waals surface area (Å²) in [5.41, 5.74) is 1.06. The van der Waals surface area contributed by atoms with Gasteiger partial charge in [0.25, 0.3) is 0 Å². The van der Waals surface area contributed by atoms with E-state index in [1.165, 1.54) is 0 Å². The second-order valence-corrected chi connectivity index (χ2v) is 6.05. The molecule has 0 bridgehead atoms. The average molecular weight is 273 g/mol. The highest BCUT2D eigenvalue weighted by Gasteiger charge is 2.19. The van der Waals surface area contributed by atoms with Crippen LogP contribution in [0.3, 0.4) is 0 Å². The van der Waals surface area contributed by atoms with Crippen molar-refractivity contribution in [3.8, 4) is 0 Å². The van der Waals surface area contributed by atoms with Gasteiger partial charge in [-0.1, -0.05) is 51.1 Å². The van der Waals surface area contributed by atoms with Crippen molar-refractivity contribution in [1.29, 1.82) is 0 Å². The van der Waals surface area contributed by atoms with Gasteiger partial charge in [0.05, 0.1) is 0 Å². The fraction of sp³-hybridized carbons (Fsp3) is 0.500. The molecule has 2 heteroatoms. The highest BCUT2D eigenvalue weighted by atomic mass is 16.2. The van der Waals surface area contributed by atoms with E-state index in [4.69, 9.17) is 0 Å². The molecule has 0 spiro atoms. The van der Waals surface area contributed by atoms with Gasteiger partial charge in [0, 0.05) is 18.7 Å². The van der Waals surface area contributed by atoms with E-state index in [0.29, 0.717) is 11.8 Å². The van der Waals surface area contributed by atoms with Crippen LogP contribution in [0, 0.1) is 11.8 Å². The van der Waals surface area contributed by atoms with Crippen molar-refractivity contribution in [2.24, 2.45) is 11.8 Å². The summed E-state index contributed by atoms with van der Waals surface area (Å²) in [6.45, 7) is 11.6. The molecule has 1 atom stereocenters. The van der Waals surface area contributed by atoms with Crippen LogP contribution in [0.2, 0.25) is 0 Å². The van der Waals surface area contributed by atoms with Crippen LogP contribution in [-0.4, -0.2) is 23.4 Å². The normalized spacial score (nSPS) is 13.2. The fourth-order valence-electron chi connectivity index (χ4n) is 1.90. The standard InChI is InChI=1S/C18H27NO/c1-14(2)16(5)13-19(15(3)4)18(20)12-11-17-9-7-6-8-10-17/h6-12,14-16H,13H2,1-5H3. The van der Waals surface area contributed by atoms with Gasteiger partial charge < -0.3 is 4.90 Å². The second-order valence-electron chi connectivity index (χ2n) is 6.05. The third-order valence-corrected chi connectivity index (χ3v) is 3.75. The fourth-order valence-corrected chi connectivity index (χ4v) is 1.90. The summed E-state index contributed by atoms with van der Waals surface area (Å²) in [7, 11) is 0. The van der Waals surface area contributed by atoms with Crippen molar-refractivity contribution in [3.05, 3.63) is 42.0 Å². The summed E-state index contributed by atoms with van der Waals surface area (Å²) in [6.07, 6.45) is 3.57. The van der Waals surface area contributed by atoms with Gasteiger partial charge in [-0.25, -0.2) is 0 Å². The largest absolute Gasteiger partial charge is 0.336 e. The van der Waals surface area contributed by atoms with Crippen LogP contribution in [0.15, 0.2) is 36.4 Å². The van der Waals surface area contributed by atoms with Crippen LogP contribution in [-0.2, 0) is 4.79 Å². The van der Waals surface area contributed by atoms with Crippen LogP contribution >= 0.6 is 0 Å². The third kappa shape index (κ3) is 5.20. The molecule has 0 saturated carbocycles. The smallest absolute Gasteiger partial charge is 0.246 e. The Bertz CT molecular complexity index is 434. The molecule has 0 radical (unpaired) electrons. The molecular weight excluding hydrogens is 246 g/mol. The van der Waals surface area contributed by atoms with Crippen molar-refractivity contribution in [2.75, 3.05) is 6.54 Å². The van der Waals surface area contributed by atoms with Gasteiger partial charge in [-0.3, -0.25) is 4.79 Å². The summed E-state index contributed by atoms with van der Waals surface area (Å²) in [6, 6.07) is 10.2. The van der Waals surface area contributed by atoms with Gasteiger partial charge in [0.2, 0.25) is 5.91 Å². The van der Waals surface area contributed by atoms with E-state index in [-0.39, 0.29) is 11.9 Å². The Morgan fingerprint density at radius 1 is 1.10 bits per heavy atom. The van der Waals surface area contributed by atoms with Gasteiger partial charge in [0.15, 0.2) is 0 Å². The maximum atomic E-state index is 12.4. The Labute approximate surface area is 123 Å².